The Morgan fingerprint density at radius 2 is 1.75 bits per heavy atom. The third-order valence-corrected chi connectivity index (χ3v) is 3.95. The van der Waals surface area contributed by atoms with E-state index in [0.29, 0.717) is 23.8 Å². The molecule has 2 N–H and O–H groups in total. The van der Waals surface area contributed by atoms with E-state index in [1.807, 2.05) is 38.5 Å². The highest BCUT2D eigenvalue weighted by Gasteiger charge is 2.13. The van der Waals surface area contributed by atoms with Gasteiger partial charge in [0.05, 0.1) is 34.1 Å². The average Bonchev–Trinajstić information content (AvgIpc) is 3.10. The molecule has 0 aliphatic rings. The smallest absolute Gasteiger partial charge is 0.203 e. The number of nitrogens with one attached hydrogen (secondary N) is 2. The Hall–Kier alpha value is -2.17. The second-order valence-corrected chi connectivity index (χ2v) is 5.93. The molecule has 9 heteroatoms. The lowest BCUT2D eigenvalue weighted by Crippen LogP contribution is -2.38. The zero-order valence-corrected chi connectivity index (χ0v) is 19.4. The molecule has 0 saturated carbocycles. The minimum absolute atomic E-state index is 0. The summed E-state index contributed by atoms with van der Waals surface area (Å²) in [5.74, 6) is 2.58. The number of rotatable bonds is 9. The van der Waals surface area contributed by atoms with E-state index in [-0.39, 0.29) is 24.0 Å². The molecule has 0 atom stereocenters. The first kappa shape index (κ1) is 23.9. The van der Waals surface area contributed by atoms with Crippen molar-refractivity contribution in [1.82, 2.24) is 20.4 Å². The zero-order chi connectivity index (χ0) is 19.6. The summed E-state index contributed by atoms with van der Waals surface area (Å²) >= 11 is 0. The van der Waals surface area contributed by atoms with Crippen LogP contribution in [0.1, 0.15) is 18.1 Å². The van der Waals surface area contributed by atoms with Gasteiger partial charge in [0.1, 0.15) is 0 Å². The molecule has 0 saturated heterocycles. The van der Waals surface area contributed by atoms with E-state index in [0.717, 1.165) is 31.0 Å². The highest BCUT2D eigenvalue weighted by Crippen LogP contribution is 2.38. The van der Waals surface area contributed by atoms with Crippen molar-refractivity contribution < 1.29 is 14.2 Å². The minimum Gasteiger partial charge on any atom is -0.493 e. The number of aromatic nitrogens is 2. The number of guanidine groups is 1. The number of methoxy groups -OCH3 is 3. The van der Waals surface area contributed by atoms with Gasteiger partial charge in [0, 0.05) is 26.3 Å². The van der Waals surface area contributed by atoms with Crippen LogP contribution < -0.4 is 24.8 Å². The van der Waals surface area contributed by atoms with E-state index in [9.17, 15) is 0 Å². The Morgan fingerprint density at radius 3 is 2.25 bits per heavy atom. The van der Waals surface area contributed by atoms with E-state index in [1.165, 1.54) is 5.56 Å². The van der Waals surface area contributed by atoms with Crippen LogP contribution in [0.25, 0.3) is 0 Å². The molecule has 1 aromatic carbocycles. The highest BCUT2D eigenvalue weighted by atomic mass is 127. The summed E-state index contributed by atoms with van der Waals surface area (Å²) in [4.78, 5) is 4.65. The van der Waals surface area contributed by atoms with Gasteiger partial charge in [-0.1, -0.05) is 0 Å². The molecule has 0 fully saturated rings. The van der Waals surface area contributed by atoms with Gasteiger partial charge < -0.3 is 24.8 Å². The Morgan fingerprint density at radius 1 is 1.07 bits per heavy atom. The Labute approximate surface area is 183 Å². The summed E-state index contributed by atoms with van der Waals surface area (Å²) in [6.07, 6.45) is 4.77. The predicted octanol–water partition coefficient (Wildman–Crippen LogP) is 2.36. The van der Waals surface area contributed by atoms with Crippen LogP contribution in [0.3, 0.4) is 0 Å². The lowest BCUT2D eigenvalue weighted by molar-refractivity contribution is 0.324. The minimum atomic E-state index is 0. The predicted molar refractivity (Wildman–Crippen MR) is 121 cm³/mol. The van der Waals surface area contributed by atoms with Crippen molar-refractivity contribution in [2.45, 2.75) is 19.9 Å². The van der Waals surface area contributed by atoms with Gasteiger partial charge in [-0.3, -0.25) is 4.68 Å². The molecule has 2 aromatic rings. The summed E-state index contributed by atoms with van der Waals surface area (Å²) in [5.41, 5.74) is 2.15. The first-order valence-electron chi connectivity index (χ1n) is 8.89. The molecule has 0 amide bonds. The number of halogens is 1. The quantitative estimate of drug-likeness (QED) is 0.311. The fourth-order valence-corrected chi connectivity index (χ4v) is 2.66. The van der Waals surface area contributed by atoms with Crippen molar-refractivity contribution >= 4 is 29.9 Å². The van der Waals surface area contributed by atoms with E-state index in [1.54, 1.807) is 26.0 Å². The van der Waals surface area contributed by atoms with Crippen molar-refractivity contribution in [3.8, 4) is 17.2 Å². The summed E-state index contributed by atoms with van der Waals surface area (Å²) in [6, 6.07) is 3.81. The normalized spacial score (nSPS) is 10.8. The molecular formula is C19H30IN5O3. The van der Waals surface area contributed by atoms with Gasteiger partial charge in [0.25, 0.3) is 0 Å². The number of hydrogen-bond donors (Lipinski definition) is 2. The Bertz CT molecular complexity index is 739. The van der Waals surface area contributed by atoms with Crippen LogP contribution in [-0.4, -0.2) is 50.2 Å². The van der Waals surface area contributed by atoms with Crippen LogP contribution >= 0.6 is 24.0 Å². The van der Waals surface area contributed by atoms with Crippen LogP contribution in [0.4, 0.5) is 0 Å². The average molecular weight is 503 g/mol. The highest BCUT2D eigenvalue weighted by molar-refractivity contribution is 14.0. The molecule has 1 heterocycles. The molecule has 0 aliphatic carbocycles. The Kier molecular flexibility index (Phi) is 10.5. The van der Waals surface area contributed by atoms with Gasteiger partial charge in [-0.05, 0) is 36.6 Å². The molecule has 0 bridgehead atoms. The van der Waals surface area contributed by atoms with Crippen LogP contribution in [0, 0.1) is 0 Å². The summed E-state index contributed by atoms with van der Waals surface area (Å²) in [6.45, 7) is 4.08. The molecule has 28 heavy (non-hydrogen) atoms. The maximum absolute atomic E-state index is 5.40. The molecule has 1 aromatic heterocycles. The number of nitrogens with zero attached hydrogens (tertiary/aromatic N) is 3. The van der Waals surface area contributed by atoms with Gasteiger partial charge in [-0.25, -0.2) is 4.99 Å². The van der Waals surface area contributed by atoms with Gasteiger partial charge in [0.15, 0.2) is 17.5 Å². The van der Waals surface area contributed by atoms with E-state index in [2.05, 4.69) is 20.7 Å². The zero-order valence-electron chi connectivity index (χ0n) is 17.1. The van der Waals surface area contributed by atoms with Crippen molar-refractivity contribution in [3.05, 3.63) is 35.7 Å². The second kappa shape index (κ2) is 12.3. The van der Waals surface area contributed by atoms with Gasteiger partial charge in [0.2, 0.25) is 5.75 Å². The standard InChI is InChI=1S/C19H29N5O3.HI/c1-6-20-19(21-8-7-14-12-23-24(2)13-14)22-11-15-9-16(25-3)18(27-5)17(10-15)26-4;/h9-10,12-13H,6-8,11H2,1-5H3,(H2,20,21,22);1H. The molecule has 0 spiro atoms. The summed E-state index contributed by atoms with van der Waals surface area (Å²) < 4.78 is 18.0. The first-order chi connectivity index (χ1) is 13.1. The number of benzene rings is 1. The fourth-order valence-electron chi connectivity index (χ4n) is 2.66. The topological polar surface area (TPSA) is 81.9 Å². The molecule has 0 unspecified atom stereocenters. The lowest BCUT2D eigenvalue weighted by atomic mass is 10.2. The molecule has 156 valence electrons. The fraction of sp³-hybridized carbons (Fsp3) is 0.474. The maximum Gasteiger partial charge on any atom is 0.203 e. The number of aliphatic imine (C=N–C) groups is 1. The van der Waals surface area contributed by atoms with Crippen LogP contribution in [-0.2, 0) is 20.0 Å². The van der Waals surface area contributed by atoms with Crippen molar-refractivity contribution in [1.29, 1.82) is 0 Å². The summed E-state index contributed by atoms with van der Waals surface area (Å²) in [5, 5.41) is 10.8. The Balaban J connectivity index is 0.00000392. The maximum atomic E-state index is 5.40. The molecule has 0 aliphatic heterocycles. The number of aryl methyl sites for hydroxylation is 1. The van der Waals surface area contributed by atoms with Crippen molar-refractivity contribution in [3.63, 3.8) is 0 Å². The SMILES string of the molecule is CCNC(=NCc1cc(OC)c(OC)c(OC)c1)NCCc1cnn(C)c1.I. The van der Waals surface area contributed by atoms with E-state index < -0.39 is 0 Å². The van der Waals surface area contributed by atoms with Gasteiger partial charge in [-0.2, -0.15) is 5.10 Å². The molecule has 2 rings (SSSR count). The largest absolute Gasteiger partial charge is 0.493 e. The van der Waals surface area contributed by atoms with E-state index in [4.69, 9.17) is 14.2 Å². The number of hydrogen-bond acceptors (Lipinski definition) is 5. The monoisotopic (exact) mass is 503 g/mol. The molecular weight excluding hydrogens is 473 g/mol. The molecule has 8 nitrogen and oxygen atoms in total. The number of ether oxygens (including phenoxy) is 3. The third kappa shape index (κ3) is 6.77. The lowest BCUT2D eigenvalue weighted by Gasteiger charge is -2.14. The van der Waals surface area contributed by atoms with Crippen LogP contribution in [0.2, 0.25) is 0 Å². The molecule has 0 radical (unpaired) electrons. The first-order valence-corrected chi connectivity index (χ1v) is 8.89. The third-order valence-electron chi connectivity index (χ3n) is 3.95. The second-order valence-electron chi connectivity index (χ2n) is 5.93. The van der Waals surface area contributed by atoms with Gasteiger partial charge >= 0.3 is 0 Å². The van der Waals surface area contributed by atoms with Crippen LogP contribution in [0.15, 0.2) is 29.5 Å². The van der Waals surface area contributed by atoms with Gasteiger partial charge in [-0.15, -0.1) is 24.0 Å². The van der Waals surface area contributed by atoms with Crippen LogP contribution in [0.5, 0.6) is 17.2 Å². The van der Waals surface area contributed by atoms with E-state index >= 15 is 0 Å². The van der Waals surface area contributed by atoms with Crippen molar-refractivity contribution in [2.24, 2.45) is 12.0 Å². The van der Waals surface area contributed by atoms with Crippen molar-refractivity contribution in [2.75, 3.05) is 34.4 Å². The summed E-state index contributed by atoms with van der Waals surface area (Å²) in [7, 11) is 6.72.